The Hall–Kier alpha value is -1.55. The predicted octanol–water partition coefficient (Wildman–Crippen LogP) is 3.44. The van der Waals surface area contributed by atoms with Gasteiger partial charge >= 0.3 is 5.97 Å². The molecule has 0 unspecified atom stereocenters. The minimum Gasteiger partial charge on any atom is -0.456 e. The van der Waals surface area contributed by atoms with Gasteiger partial charge in [-0.1, -0.05) is 6.07 Å². The average Bonchev–Trinajstić information content (AvgIpc) is 2.60. The van der Waals surface area contributed by atoms with Crippen molar-refractivity contribution < 1.29 is 9.53 Å². The van der Waals surface area contributed by atoms with Gasteiger partial charge in [-0.3, -0.25) is 0 Å². The first kappa shape index (κ1) is 11.9. The number of hydrogen-bond donors (Lipinski definition) is 1. The molecule has 4 heteroatoms. The standard InChI is InChI=1S/C13H15NO2S/c1-13(2,3)16-12(15)11-7-8-9(14)5-4-6-10(8)17-11/h4-7H,14H2,1-3H3. The van der Waals surface area contributed by atoms with Crippen molar-refractivity contribution in [1.82, 2.24) is 0 Å². The highest BCUT2D eigenvalue weighted by Crippen LogP contribution is 2.30. The predicted molar refractivity (Wildman–Crippen MR) is 71.4 cm³/mol. The number of benzene rings is 1. The lowest BCUT2D eigenvalue weighted by molar-refractivity contribution is 0.00753. The van der Waals surface area contributed by atoms with Crippen molar-refractivity contribution in [2.24, 2.45) is 0 Å². The molecule has 1 heterocycles. The zero-order valence-electron chi connectivity index (χ0n) is 10.1. The van der Waals surface area contributed by atoms with Crippen LogP contribution < -0.4 is 5.73 Å². The Morgan fingerprint density at radius 1 is 1.35 bits per heavy atom. The van der Waals surface area contributed by atoms with Crippen molar-refractivity contribution >= 4 is 33.1 Å². The fourth-order valence-electron chi connectivity index (χ4n) is 1.51. The van der Waals surface area contributed by atoms with Crippen molar-refractivity contribution in [3.8, 4) is 0 Å². The summed E-state index contributed by atoms with van der Waals surface area (Å²) in [6.07, 6.45) is 0. The molecule has 0 amide bonds. The first-order chi connectivity index (χ1) is 7.87. The van der Waals surface area contributed by atoms with Crippen LogP contribution in [0.3, 0.4) is 0 Å². The third-order valence-corrected chi connectivity index (χ3v) is 3.28. The van der Waals surface area contributed by atoms with E-state index < -0.39 is 5.60 Å². The summed E-state index contributed by atoms with van der Waals surface area (Å²) < 4.78 is 6.33. The molecule has 0 aliphatic rings. The van der Waals surface area contributed by atoms with Crippen LogP contribution >= 0.6 is 11.3 Å². The number of carbonyl (C=O) groups excluding carboxylic acids is 1. The van der Waals surface area contributed by atoms with Gasteiger partial charge in [-0.25, -0.2) is 4.79 Å². The molecule has 2 aromatic rings. The van der Waals surface area contributed by atoms with E-state index in [-0.39, 0.29) is 5.97 Å². The molecule has 17 heavy (non-hydrogen) atoms. The summed E-state index contributed by atoms with van der Waals surface area (Å²) in [6.45, 7) is 5.56. The SMILES string of the molecule is CC(C)(C)OC(=O)c1cc2c(N)cccc2s1. The van der Waals surface area contributed by atoms with E-state index in [1.54, 1.807) is 6.07 Å². The second-order valence-electron chi connectivity index (χ2n) is 4.87. The zero-order chi connectivity index (χ0) is 12.6. The molecule has 1 aromatic carbocycles. The lowest BCUT2D eigenvalue weighted by Crippen LogP contribution is -2.23. The summed E-state index contributed by atoms with van der Waals surface area (Å²) in [4.78, 5) is 12.5. The summed E-state index contributed by atoms with van der Waals surface area (Å²) >= 11 is 1.41. The molecule has 0 aliphatic heterocycles. The number of esters is 1. The monoisotopic (exact) mass is 249 g/mol. The number of rotatable bonds is 1. The van der Waals surface area contributed by atoms with E-state index in [4.69, 9.17) is 10.5 Å². The third kappa shape index (κ3) is 2.58. The molecule has 90 valence electrons. The minimum absolute atomic E-state index is 0.293. The van der Waals surface area contributed by atoms with Crippen LogP contribution in [0.1, 0.15) is 30.4 Å². The van der Waals surface area contributed by atoms with Crippen molar-refractivity contribution in [3.63, 3.8) is 0 Å². The van der Waals surface area contributed by atoms with Gasteiger partial charge in [-0.2, -0.15) is 0 Å². The Balaban J connectivity index is 2.37. The Morgan fingerprint density at radius 3 is 2.65 bits per heavy atom. The van der Waals surface area contributed by atoms with Crippen LogP contribution in [-0.2, 0) is 4.74 Å². The quantitative estimate of drug-likeness (QED) is 0.622. The number of nitrogens with two attached hydrogens (primary N) is 1. The highest BCUT2D eigenvalue weighted by Gasteiger charge is 2.19. The molecule has 0 atom stereocenters. The molecule has 0 saturated carbocycles. The Labute approximate surface area is 104 Å². The molecule has 0 bridgehead atoms. The summed E-state index contributed by atoms with van der Waals surface area (Å²) in [7, 11) is 0. The smallest absolute Gasteiger partial charge is 0.348 e. The van der Waals surface area contributed by atoms with E-state index in [0.717, 1.165) is 10.1 Å². The normalized spacial score (nSPS) is 11.7. The molecule has 0 aliphatic carbocycles. The number of fused-ring (bicyclic) bond motifs is 1. The molecule has 0 fully saturated rings. The first-order valence-corrected chi connectivity index (χ1v) is 6.20. The second-order valence-corrected chi connectivity index (χ2v) is 5.96. The van der Waals surface area contributed by atoms with Gasteiger partial charge in [0.05, 0.1) is 0 Å². The van der Waals surface area contributed by atoms with Gasteiger partial charge in [0.15, 0.2) is 0 Å². The maximum atomic E-state index is 11.9. The van der Waals surface area contributed by atoms with Crippen LogP contribution in [0, 0.1) is 0 Å². The van der Waals surface area contributed by atoms with Crippen molar-refractivity contribution in [1.29, 1.82) is 0 Å². The van der Waals surface area contributed by atoms with Crippen molar-refractivity contribution in [2.45, 2.75) is 26.4 Å². The molecular formula is C13H15NO2S. The molecule has 1 aromatic heterocycles. The topological polar surface area (TPSA) is 52.3 Å². The largest absolute Gasteiger partial charge is 0.456 e. The maximum Gasteiger partial charge on any atom is 0.348 e. The number of thiophene rings is 1. The fourth-order valence-corrected chi connectivity index (χ4v) is 2.48. The summed E-state index contributed by atoms with van der Waals surface area (Å²) in [5.41, 5.74) is 6.07. The lowest BCUT2D eigenvalue weighted by atomic mass is 10.2. The number of carbonyl (C=O) groups is 1. The fraction of sp³-hybridized carbons (Fsp3) is 0.308. The van der Waals surface area contributed by atoms with E-state index in [2.05, 4.69) is 0 Å². The van der Waals surface area contributed by atoms with Gasteiger partial charge in [0, 0.05) is 15.8 Å². The van der Waals surface area contributed by atoms with Crippen molar-refractivity contribution in [3.05, 3.63) is 29.1 Å². The van der Waals surface area contributed by atoms with E-state index in [1.165, 1.54) is 11.3 Å². The van der Waals surface area contributed by atoms with Crippen LogP contribution in [-0.4, -0.2) is 11.6 Å². The lowest BCUT2D eigenvalue weighted by Gasteiger charge is -2.18. The molecule has 0 saturated heterocycles. The van der Waals surface area contributed by atoms with Gasteiger partial charge < -0.3 is 10.5 Å². The molecule has 0 radical (unpaired) electrons. The Kier molecular flexibility index (Phi) is 2.83. The van der Waals surface area contributed by atoms with E-state index in [0.29, 0.717) is 10.6 Å². The molecule has 2 N–H and O–H groups in total. The van der Waals surface area contributed by atoms with Gasteiger partial charge in [-0.15, -0.1) is 11.3 Å². The number of anilines is 1. The molecule has 0 spiro atoms. The van der Waals surface area contributed by atoms with Crippen molar-refractivity contribution in [2.75, 3.05) is 5.73 Å². The van der Waals surface area contributed by atoms with Gasteiger partial charge in [0.1, 0.15) is 10.5 Å². The summed E-state index contributed by atoms with van der Waals surface area (Å²) in [5.74, 6) is -0.293. The van der Waals surface area contributed by atoms with Crippen LogP contribution in [0.4, 0.5) is 5.69 Å². The van der Waals surface area contributed by atoms with E-state index >= 15 is 0 Å². The summed E-state index contributed by atoms with van der Waals surface area (Å²) in [5, 5.41) is 0.915. The summed E-state index contributed by atoms with van der Waals surface area (Å²) in [6, 6.07) is 7.45. The van der Waals surface area contributed by atoms with Gasteiger partial charge in [0.25, 0.3) is 0 Å². The zero-order valence-corrected chi connectivity index (χ0v) is 10.9. The van der Waals surface area contributed by atoms with Gasteiger partial charge in [0.2, 0.25) is 0 Å². The second kappa shape index (κ2) is 4.04. The van der Waals surface area contributed by atoms with E-state index in [9.17, 15) is 4.79 Å². The number of nitrogen functional groups attached to an aromatic ring is 1. The number of ether oxygens (including phenoxy) is 1. The highest BCUT2D eigenvalue weighted by molar-refractivity contribution is 7.20. The van der Waals surface area contributed by atoms with E-state index in [1.807, 2.05) is 39.0 Å². The third-order valence-electron chi connectivity index (χ3n) is 2.20. The van der Waals surface area contributed by atoms with Crippen LogP contribution in [0.2, 0.25) is 0 Å². The molecule has 3 nitrogen and oxygen atoms in total. The van der Waals surface area contributed by atoms with Crippen LogP contribution in [0.25, 0.3) is 10.1 Å². The first-order valence-electron chi connectivity index (χ1n) is 5.38. The molecule has 2 rings (SSSR count). The van der Waals surface area contributed by atoms with Gasteiger partial charge in [-0.05, 0) is 39.0 Å². The Morgan fingerprint density at radius 2 is 2.06 bits per heavy atom. The molecular weight excluding hydrogens is 234 g/mol. The average molecular weight is 249 g/mol. The minimum atomic E-state index is -0.473. The van der Waals surface area contributed by atoms with Crippen LogP contribution in [0.5, 0.6) is 0 Å². The Bertz CT molecular complexity index is 566. The number of hydrogen-bond acceptors (Lipinski definition) is 4. The maximum absolute atomic E-state index is 11.9. The highest BCUT2D eigenvalue weighted by atomic mass is 32.1. The van der Waals surface area contributed by atoms with Crippen LogP contribution in [0.15, 0.2) is 24.3 Å².